The molecule has 136 valence electrons. The number of hydrogen-bond acceptors (Lipinski definition) is 5. The van der Waals surface area contributed by atoms with Gasteiger partial charge < -0.3 is 15.4 Å². The number of aliphatic carboxylic acids is 1. The van der Waals surface area contributed by atoms with Crippen molar-refractivity contribution in [1.29, 1.82) is 0 Å². The molecule has 0 spiro atoms. The van der Waals surface area contributed by atoms with E-state index in [9.17, 15) is 29.6 Å². The second-order valence-electron chi connectivity index (χ2n) is 6.44. The number of carbonyl (C=O) groups is 2. The molecule has 3 rings (SSSR count). The van der Waals surface area contributed by atoms with Crippen molar-refractivity contribution in [3.05, 3.63) is 50.3 Å². The molecule has 1 heterocycles. The van der Waals surface area contributed by atoms with Crippen LogP contribution in [0.1, 0.15) is 42.5 Å². The fourth-order valence-electron chi connectivity index (χ4n) is 3.38. The standard InChI is InChI=1S/C17H17N3O6/c21-14-9-12(11-8-10(20(25)26)4-5-13(11)18-14)15(22)19-17(16(23)24)6-2-1-3-7-17/h4-5,8-9H,1-3,6-7H2,(H,18,21)(H,19,22)(H,23,24). The number of aromatic nitrogens is 1. The van der Waals surface area contributed by atoms with Gasteiger partial charge in [-0.2, -0.15) is 0 Å². The van der Waals surface area contributed by atoms with Crippen LogP contribution >= 0.6 is 0 Å². The molecule has 1 aliphatic rings. The summed E-state index contributed by atoms with van der Waals surface area (Å²) in [4.78, 5) is 49.3. The Morgan fingerprint density at radius 1 is 1.19 bits per heavy atom. The number of H-pyrrole nitrogens is 1. The molecule has 1 aliphatic carbocycles. The third-order valence-corrected chi connectivity index (χ3v) is 4.75. The highest BCUT2D eigenvalue weighted by molar-refractivity contribution is 6.08. The highest BCUT2D eigenvalue weighted by Crippen LogP contribution is 2.29. The number of nitrogens with zero attached hydrogens (tertiary/aromatic N) is 1. The zero-order chi connectivity index (χ0) is 18.9. The lowest BCUT2D eigenvalue weighted by Crippen LogP contribution is -2.55. The third-order valence-electron chi connectivity index (χ3n) is 4.75. The number of carboxylic acids is 1. The molecule has 1 aromatic heterocycles. The molecular weight excluding hydrogens is 342 g/mol. The maximum Gasteiger partial charge on any atom is 0.329 e. The number of nitro benzene ring substituents is 1. The molecule has 1 amide bonds. The van der Waals surface area contributed by atoms with Gasteiger partial charge in [0.25, 0.3) is 11.6 Å². The fraction of sp³-hybridized carbons (Fsp3) is 0.353. The Morgan fingerprint density at radius 2 is 1.88 bits per heavy atom. The zero-order valence-electron chi connectivity index (χ0n) is 13.8. The molecule has 1 fully saturated rings. The van der Waals surface area contributed by atoms with E-state index < -0.39 is 27.9 Å². The summed E-state index contributed by atoms with van der Waals surface area (Å²) in [6.07, 6.45) is 2.85. The van der Waals surface area contributed by atoms with E-state index in [4.69, 9.17) is 0 Å². The number of nitrogens with one attached hydrogen (secondary N) is 2. The minimum Gasteiger partial charge on any atom is -0.480 e. The van der Waals surface area contributed by atoms with Crippen molar-refractivity contribution in [2.45, 2.75) is 37.6 Å². The maximum absolute atomic E-state index is 12.8. The van der Waals surface area contributed by atoms with Crippen molar-refractivity contribution in [3.8, 4) is 0 Å². The van der Waals surface area contributed by atoms with E-state index in [1.165, 1.54) is 18.2 Å². The SMILES string of the molecule is O=C(NC1(C(=O)O)CCCCC1)c1cc(=O)[nH]c2ccc([N+](=O)[O-])cc12. The molecule has 1 saturated carbocycles. The van der Waals surface area contributed by atoms with Crippen LogP contribution in [0.5, 0.6) is 0 Å². The lowest BCUT2D eigenvalue weighted by atomic mass is 9.81. The Kier molecular flexibility index (Phi) is 4.45. The molecule has 0 aliphatic heterocycles. The molecule has 26 heavy (non-hydrogen) atoms. The Morgan fingerprint density at radius 3 is 2.50 bits per heavy atom. The summed E-state index contributed by atoms with van der Waals surface area (Å²) in [6, 6.07) is 4.79. The van der Waals surface area contributed by atoms with Gasteiger partial charge in [0, 0.05) is 29.1 Å². The second kappa shape index (κ2) is 6.58. The quantitative estimate of drug-likeness (QED) is 0.562. The average molecular weight is 359 g/mol. The van der Waals surface area contributed by atoms with Gasteiger partial charge >= 0.3 is 5.97 Å². The molecule has 0 radical (unpaired) electrons. The van der Waals surface area contributed by atoms with Gasteiger partial charge in [0.15, 0.2) is 0 Å². The lowest BCUT2D eigenvalue weighted by molar-refractivity contribution is -0.384. The Labute approximate surface area is 147 Å². The molecular formula is C17H17N3O6. The summed E-state index contributed by atoms with van der Waals surface area (Å²) < 4.78 is 0. The lowest BCUT2D eigenvalue weighted by Gasteiger charge is -2.34. The fourth-order valence-corrected chi connectivity index (χ4v) is 3.38. The second-order valence-corrected chi connectivity index (χ2v) is 6.44. The van der Waals surface area contributed by atoms with E-state index in [2.05, 4.69) is 10.3 Å². The van der Waals surface area contributed by atoms with Crippen LogP contribution in [0.4, 0.5) is 5.69 Å². The normalized spacial score (nSPS) is 16.2. The van der Waals surface area contributed by atoms with E-state index in [-0.39, 0.29) is 22.2 Å². The highest BCUT2D eigenvalue weighted by Gasteiger charge is 2.41. The number of pyridine rings is 1. The van der Waals surface area contributed by atoms with Crippen molar-refractivity contribution >= 4 is 28.5 Å². The molecule has 9 heteroatoms. The minimum atomic E-state index is -1.38. The smallest absolute Gasteiger partial charge is 0.329 e. The monoisotopic (exact) mass is 359 g/mol. The summed E-state index contributed by atoms with van der Waals surface area (Å²) in [6.45, 7) is 0. The van der Waals surface area contributed by atoms with E-state index >= 15 is 0 Å². The number of aromatic amines is 1. The molecule has 2 aromatic rings. The van der Waals surface area contributed by atoms with Crippen LogP contribution in [-0.2, 0) is 4.79 Å². The van der Waals surface area contributed by atoms with Crippen molar-refractivity contribution in [1.82, 2.24) is 10.3 Å². The van der Waals surface area contributed by atoms with Gasteiger partial charge in [-0.25, -0.2) is 4.79 Å². The number of rotatable bonds is 4. The van der Waals surface area contributed by atoms with E-state index in [0.29, 0.717) is 25.7 Å². The predicted molar refractivity (Wildman–Crippen MR) is 92.1 cm³/mol. The van der Waals surface area contributed by atoms with Gasteiger partial charge in [-0.05, 0) is 18.9 Å². The average Bonchev–Trinajstić information content (AvgIpc) is 2.61. The van der Waals surface area contributed by atoms with E-state index in [0.717, 1.165) is 12.5 Å². The summed E-state index contributed by atoms with van der Waals surface area (Å²) >= 11 is 0. The largest absolute Gasteiger partial charge is 0.480 e. The molecule has 0 bridgehead atoms. The van der Waals surface area contributed by atoms with E-state index in [1.54, 1.807) is 0 Å². The number of non-ortho nitro benzene ring substituents is 1. The van der Waals surface area contributed by atoms with Gasteiger partial charge in [0.1, 0.15) is 5.54 Å². The Hall–Kier alpha value is -3.23. The van der Waals surface area contributed by atoms with Crippen LogP contribution in [0.2, 0.25) is 0 Å². The Balaban J connectivity index is 2.07. The first-order valence-corrected chi connectivity index (χ1v) is 8.20. The molecule has 0 unspecified atom stereocenters. The van der Waals surface area contributed by atoms with Crippen molar-refractivity contribution in [3.63, 3.8) is 0 Å². The maximum atomic E-state index is 12.8. The number of benzene rings is 1. The third kappa shape index (κ3) is 3.15. The summed E-state index contributed by atoms with van der Waals surface area (Å²) in [7, 11) is 0. The molecule has 1 aromatic carbocycles. The Bertz CT molecular complexity index is 959. The van der Waals surface area contributed by atoms with Gasteiger partial charge in [-0.15, -0.1) is 0 Å². The summed E-state index contributed by atoms with van der Waals surface area (Å²) in [5.41, 5.74) is -1.99. The summed E-state index contributed by atoms with van der Waals surface area (Å²) in [5, 5.41) is 23.3. The van der Waals surface area contributed by atoms with Crippen LogP contribution in [0.15, 0.2) is 29.1 Å². The number of carboxylic acid groups (broad SMARTS) is 1. The number of amides is 1. The van der Waals surface area contributed by atoms with Crippen molar-refractivity contribution in [2.75, 3.05) is 0 Å². The van der Waals surface area contributed by atoms with Gasteiger partial charge in [0.05, 0.1) is 10.5 Å². The van der Waals surface area contributed by atoms with Crippen LogP contribution in [0, 0.1) is 10.1 Å². The van der Waals surface area contributed by atoms with Crippen molar-refractivity contribution < 1.29 is 19.6 Å². The first-order chi connectivity index (χ1) is 12.3. The van der Waals surface area contributed by atoms with Crippen LogP contribution < -0.4 is 10.9 Å². The van der Waals surface area contributed by atoms with Gasteiger partial charge in [-0.1, -0.05) is 19.3 Å². The van der Waals surface area contributed by atoms with Crippen molar-refractivity contribution in [2.24, 2.45) is 0 Å². The molecule has 3 N–H and O–H groups in total. The van der Waals surface area contributed by atoms with Crippen LogP contribution in [0.25, 0.3) is 10.9 Å². The highest BCUT2D eigenvalue weighted by atomic mass is 16.6. The predicted octanol–water partition coefficient (Wildman–Crippen LogP) is 1.95. The van der Waals surface area contributed by atoms with Crippen LogP contribution in [-0.4, -0.2) is 32.4 Å². The first kappa shape index (κ1) is 17.6. The molecule has 0 atom stereocenters. The van der Waals surface area contributed by atoms with Gasteiger partial charge in [0.2, 0.25) is 5.56 Å². The number of carbonyl (C=O) groups excluding carboxylic acids is 1. The number of hydrogen-bond donors (Lipinski definition) is 3. The molecule has 9 nitrogen and oxygen atoms in total. The first-order valence-electron chi connectivity index (χ1n) is 8.20. The van der Waals surface area contributed by atoms with Crippen LogP contribution in [0.3, 0.4) is 0 Å². The van der Waals surface area contributed by atoms with Gasteiger partial charge in [-0.3, -0.25) is 19.7 Å². The topological polar surface area (TPSA) is 142 Å². The zero-order valence-corrected chi connectivity index (χ0v) is 13.8. The number of nitro groups is 1. The number of fused-ring (bicyclic) bond motifs is 1. The minimum absolute atomic E-state index is 0.0846. The summed E-state index contributed by atoms with van der Waals surface area (Å²) in [5.74, 6) is -1.85. The van der Waals surface area contributed by atoms with E-state index in [1.807, 2.05) is 0 Å². The molecule has 0 saturated heterocycles.